The van der Waals surface area contributed by atoms with Gasteiger partial charge in [-0.25, -0.2) is 0 Å². The topological polar surface area (TPSA) is 15.3 Å². The normalized spacial score (nSPS) is 27.6. The monoisotopic (exact) mass is 212 g/mol. The van der Waals surface area contributed by atoms with Gasteiger partial charge in [0.05, 0.1) is 0 Å². The van der Waals surface area contributed by atoms with Crippen LogP contribution in [0.25, 0.3) is 0 Å². The molecule has 1 saturated heterocycles. The number of nitrogens with zero attached hydrogens (tertiary/aromatic N) is 1. The highest BCUT2D eigenvalue weighted by Gasteiger charge is 2.32. The van der Waals surface area contributed by atoms with Crippen LogP contribution in [0.2, 0.25) is 0 Å². The van der Waals surface area contributed by atoms with Crippen molar-refractivity contribution in [2.24, 2.45) is 5.41 Å². The Balaban J connectivity index is 2.55. The maximum Gasteiger partial charge on any atom is 0.00498 e. The average Bonchev–Trinajstić information content (AvgIpc) is 2.19. The van der Waals surface area contributed by atoms with Crippen molar-refractivity contribution in [2.45, 2.75) is 52.5 Å². The Morgan fingerprint density at radius 3 is 2.60 bits per heavy atom. The van der Waals surface area contributed by atoms with Crippen molar-refractivity contribution < 1.29 is 0 Å². The molecular weight excluding hydrogens is 184 g/mol. The van der Waals surface area contributed by atoms with Crippen LogP contribution in [-0.2, 0) is 0 Å². The minimum atomic E-state index is 0.548. The number of rotatable bonds is 5. The molecule has 0 amide bonds. The van der Waals surface area contributed by atoms with Crippen LogP contribution in [0, 0.1) is 5.41 Å². The highest BCUT2D eigenvalue weighted by Crippen LogP contribution is 2.32. The van der Waals surface area contributed by atoms with Crippen LogP contribution in [0.5, 0.6) is 0 Å². The summed E-state index contributed by atoms with van der Waals surface area (Å²) in [6.07, 6.45) is 5.45. The largest absolute Gasteiger partial charge is 0.316 e. The molecule has 90 valence electrons. The molecule has 0 bridgehead atoms. The zero-order chi connectivity index (χ0) is 11.3. The first-order valence-corrected chi connectivity index (χ1v) is 6.50. The Kier molecular flexibility index (Phi) is 5.07. The maximum atomic E-state index is 3.58. The van der Waals surface area contributed by atoms with E-state index >= 15 is 0 Å². The summed E-state index contributed by atoms with van der Waals surface area (Å²) in [5.41, 5.74) is 0.548. The van der Waals surface area contributed by atoms with Gasteiger partial charge in [0.15, 0.2) is 0 Å². The number of nitrogens with one attached hydrogen (secondary N) is 1. The molecule has 1 heterocycles. The Morgan fingerprint density at radius 1 is 1.40 bits per heavy atom. The number of hydrogen-bond acceptors (Lipinski definition) is 2. The van der Waals surface area contributed by atoms with E-state index in [4.69, 9.17) is 0 Å². The summed E-state index contributed by atoms with van der Waals surface area (Å²) >= 11 is 0. The predicted octanol–water partition coefficient (Wildman–Crippen LogP) is 2.50. The van der Waals surface area contributed by atoms with Crippen molar-refractivity contribution >= 4 is 0 Å². The highest BCUT2D eigenvalue weighted by molar-refractivity contribution is 4.88. The molecule has 1 rings (SSSR count). The quantitative estimate of drug-likeness (QED) is 0.753. The summed E-state index contributed by atoms with van der Waals surface area (Å²) in [6, 6.07) is 0.667. The summed E-state index contributed by atoms with van der Waals surface area (Å²) in [6.45, 7) is 10.6. The van der Waals surface area contributed by atoms with E-state index in [0.29, 0.717) is 11.5 Å². The van der Waals surface area contributed by atoms with Crippen LogP contribution < -0.4 is 5.32 Å². The molecule has 1 aliphatic heterocycles. The van der Waals surface area contributed by atoms with E-state index in [0.717, 1.165) is 0 Å². The molecule has 0 spiro atoms. The minimum Gasteiger partial charge on any atom is -0.316 e. The third-order valence-electron chi connectivity index (χ3n) is 3.81. The summed E-state index contributed by atoms with van der Waals surface area (Å²) < 4.78 is 0. The van der Waals surface area contributed by atoms with E-state index in [2.05, 4.69) is 38.0 Å². The molecule has 1 aliphatic rings. The molecule has 0 aliphatic carbocycles. The lowest BCUT2D eigenvalue weighted by molar-refractivity contribution is 0.105. The van der Waals surface area contributed by atoms with Crippen molar-refractivity contribution in [1.82, 2.24) is 10.2 Å². The van der Waals surface area contributed by atoms with E-state index in [-0.39, 0.29) is 0 Å². The van der Waals surface area contributed by atoms with Crippen molar-refractivity contribution in [2.75, 3.05) is 26.7 Å². The lowest BCUT2D eigenvalue weighted by Gasteiger charge is -2.41. The van der Waals surface area contributed by atoms with E-state index < -0.39 is 0 Å². The van der Waals surface area contributed by atoms with Gasteiger partial charge >= 0.3 is 0 Å². The predicted molar refractivity (Wildman–Crippen MR) is 67.2 cm³/mol. The third kappa shape index (κ3) is 3.76. The van der Waals surface area contributed by atoms with Gasteiger partial charge in [0.2, 0.25) is 0 Å². The fraction of sp³-hybridized carbons (Fsp3) is 1.00. The smallest absolute Gasteiger partial charge is 0.00498 e. The maximum absolute atomic E-state index is 3.58. The fourth-order valence-corrected chi connectivity index (χ4v) is 2.70. The van der Waals surface area contributed by atoms with Gasteiger partial charge in [0.25, 0.3) is 0 Å². The van der Waals surface area contributed by atoms with Gasteiger partial charge in [-0.15, -0.1) is 0 Å². The molecule has 15 heavy (non-hydrogen) atoms. The van der Waals surface area contributed by atoms with Crippen molar-refractivity contribution in [1.29, 1.82) is 0 Å². The summed E-state index contributed by atoms with van der Waals surface area (Å²) in [4.78, 5) is 2.50. The average molecular weight is 212 g/mol. The second kappa shape index (κ2) is 5.86. The van der Waals surface area contributed by atoms with Gasteiger partial charge in [0.1, 0.15) is 0 Å². The molecule has 1 N–H and O–H groups in total. The minimum absolute atomic E-state index is 0.548. The molecular formula is C13H28N2. The lowest BCUT2D eigenvalue weighted by Crippen LogP contribution is -2.48. The molecule has 0 aromatic carbocycles. The third-order valence-corrected chi connectivity index (χ3v) is 3.81. The highest BCUT2D eigenvalue weighted by atomic mass is 15.1. The molecule has 2 heteroatoms. The zero-order valence-corrected chi connectivity index (χ0v) is 11.0. The summed E-state index contributed by atoms with van der Waals surface area (Å²) in [5, 5.41) is 3.58. The molecule has 1 fully saturated rings. The zero-order valence-electron chi connectivity index (χ0n) is 11.0. The first-order valence-electron chi connectivity index (χ1n) is 6.50. The first-order chi connectivity index (χ1) is 7.09. The van der Waals surface area contributed by atoms with Crippen molar-refractivity contribution in [3.8, 4) is 0 Å². The molecule has 0 aromatic heterocycles. The fourth-order valence-electron chi connectivity index (χ4n) is 2.70. The van der Waals surface area contributed by atoms with Gasteiger partial charge in [-0.1, -0.05) is 13.3 Å². The second-order valence-electron chi connectivity index (χ2n) is 5.54. The van der Waals surface area contributed by atoms with Crippen LogP contribution in [0.15, 0.2) is 0 Å². The Bertz CT molecular complexity index is 166. The van der Waals surface area contributed by atoms with Crippen LogP contribution in [0.4, 0.5) is 0 Å². The molecule has 2 nitrogen and oxygen atoms in total. The van der Waals surface area contributed by atoms with Crippen LogP contribution in [0.3, 0.4) is 0 Å². The SMILES string of the molecule is CCCC1(CN(C)C(C)C)CCCNC1. The van der Waals surface area contributed by atoms with E-state index in [1.807, 2.05) is 0 Å². The van der Waals surface area contributed by atoms with Crippen molar-refractivity contribution in [3.63, 3.8) is 0 Å². The Hall–Kier alpha value is -0.0800. The van der Waals surface area contributed by atoms with Gasteiger partial charge in [-0.3, -0.25) is 0 Å². The standard InChI is InChI=1S/C13H28N2/c1-5-7-13(8-6-9-14-10-13)11-15(4)12(2)3/h12,14H,5-11H2,1-4H3. The second-order valence-corrected chi connectivity index (χ2v) is 5.54. The van der Waals surface area contributed by atoms with Crippen LogP contribution in [-0.4, -0.2) is 37.6 Å². The van der Waals surface area contributed by atoms with Crippen molar-refractivity contribution in [3.05, 3.63) is 0 Å². The Morgan fingerprint density at radius 2 is 2.13 bits per heavy atom. The molecule has 0 saturated carbocycles. The molecule has 1 atom stereocenters. The van der Waals surface area contributed by atoms with E-state index in [1.54, 1.807) is 0 Å². The number of piperidine rings is 1. The lowest BCUT2D eigenvalue weighted by atomic mass is 9.76. The number of hydrogen-bond donors (Lipinski definition) is 1. The molecule has 1 unspecified atom stereocenters. The summed E-state index contributed by atoms with van der Waals surface area (Å²) in [7, 11) is 2.26. The molecule has 0 aromatic rings. The van der Waals surface area contributed by atoms with E-state index in [9.17, 15) is 0 Å². The van der Waals surface area contributed by atoms with Crippen LogP contribution in [0.1, 0.15) is 46.5 Å². The Labute approximate surface area is 95.4 Å². The van der Waals surface area contributed by atoms with Gasteiger partial charge in [-0.2, -0.15) is 0 Å². The van der Waals surface area contributed by atoms with Gasteiger partial charge < -0.3 is 10.2 Å². The first kappa shape index (κ1) is 13.0. The van der Waals surface area contributed by atoms with E-state index in [1.165, 1.54) is 45.3 Å². The molecule has 0 radical (unpaired) electrons. The summed E-state index contributed by atoms with van der Waals surface area (Å²) in [5.74, 6) is 0. The van der Waals surface area contributed by atoms with Gasteiger partial charge in [-0.05, 0) is 52.1 Å². The van der Waals surface area contributed by atoms with Gasteiger partial charge in [0, 0.05) is 19.1 Å². The van der Waals surface area contributed by atoms with Crippen LogP contribution >= 0.6 is 0 Å².